The number of sulfonamides is 1. The van der Waals surface area contributed by atoms with Gasteiger partial charge < -0.3 is 19.7 Å². The third-order valence-electron chi connectivity index (χ3n) is 6.22. The molecule has 1 unspecified atom stereocenters. The van der Waals surface area contributed by atoms with Crippen LogP contribution in [-0.2, 0) is 26.2 Å². The third-order valence-corrected chi connectivity index (χ3v) is 8.01. The number of likely N-dealkylation sites (N-methyl/N-ethyl adjacent to an activating group) is 1. The molecule has 0 aliphatic heterocycles. The number of benzene rings is 3. The van der Waals surface area contributed by atoms with Crippen LogP contribution in [0.5, 0.6) is 11.5 Å². The minimum absolute atomic E-state index is 0.0121. The van der Waals surface area contributed by atoms with Gasteiger partial charge in [-0.1, -0.05) is 29.8 Å². The van der Waals surface area contributed by atoms with Crippen molar-refractivity contribution in [2.24, 2.45) is 0 Å². The first-order chi connectivity index (χ1) is 18.6. The highest BCUT2D eigenvalue weighted by Gasteiger charge is 2.32. The largest absolute Gasteiger partial charge is 0.497 e. The summed E-state index contributed by atoms with van der Waals surface area (Å²) in [5.74, 6) is 0.233. The molecule has 0 saturated heterocycles. The lowest BCUT2D eigenvalue weighted by atomic mass is 10.1. The maximum atomic E-state index is 13.9. The molecule has 0 heterocycles. The molecule has 0 fully saturated rings. The lowest BCUT2D eigenvalue weighted by molar-refractivity contribution is -0.139. The van der Waals surface area contributed by atoms with Gasteiger partial charge in [0, 0.05) is 13.6 Å². The summed E-state index contributed by atoms with van der Waals surface area (Å²) >= 11 is 0. The average Bonchev–Trinajstić information content (AvgIpc) is 2.94. The topological polar surface area (TPSA) is 105 Å². The predicted octanol–water partition coefficient (Wildman–Crippen LogP) is 3.76. The van der Waals surface area contributed by atoms with E-state index in [-0.39, 0.29) is 17.3 Å². The third kappa shape index (κ3) is 7.29. The van der Waals surface area contributed by atoms with E-state index in [4.69, 9.17) is 9.47 Å². The molecule has 0 aliphatic carbocycles. The number of anilines is 1. The van der Waals surface area contributed by atoms with Crippen molar-refractivity contribution in [2.75, 3.05) is 31.6 Å². The second kappa shape index (κ2) is 13.1. The smallest absolute Gasteiger partial charge is 0.264 e. The molecule has 3 aromatic rings. The van der Waals surface area contributed by atoms with Crippen LogP contribution < -0.4 is 19.1 Å². The fraction of sp³-hybridized carbons (Fsp3) is 0.310. The van der Waals surface area contributed by atoms with Crippen LogP contribution >= 0.6 is 0 Å². The molecule has 2 amide bonds. The maximum absolute atomic E-state index is 13.9. The van der Waals surface area contributed by atoms with E-state index in [0.717, 1.165) is 15.4 Å². The molecule has 3 rings (SSSR count). The number of hydrogen-bond acceptors (Lipinski definition) is 6. The van der Waals surface area contributed by atoms with E-state index >= 15 is 0 Å². The quantitative estimate of drug-likeness (QED) is 0.366. The zero-order chi connectivity index (χ0) is 28.6. The number of amides is 2. The summed E-state index contributed by atoms with van der Waals surface area (Å²) in [6.07, 6.45) is 0. The summed E-state index contributed by atoms with van der Waals surface area (Å²) in [6, 6.07) is 19.2. The number of carbonyl (C=O) groups is 2. The Bertz CT molecular complexity index is 1370. The summed E-state index contributed by atoms with van der Waals surface area (Å²) < 4.78 is 39.5. The summed E-state index contributed by atoms with van der Waals surface area (Å²) in [4.78, 5) is 27.8. The zero-order valence-electron chi connectivity index (χ0n) is 22.9. The van der Waals surface area contributed by atoms with E-state index in [1.807, 2.05) is 19.9 Å². The van der Waals surface area contributed by atoms with Crippen LogP contribution in [0.15, 0.2) is 77.7 Å². The number of ether oxygens (including phenoxy) is 2. The number of aryl methyl sites for hydroxylation is 1. The molecule has 1 N–H and O–H groups in total. The van der Waals surface area contributed by atoms with Crippen molar-refractivity contribution in [2.45, 2.75) is 38.3 Å². The lowest BCUT2D eigenvalue weighted by Gasteiger charge is -2.32. The number of carbonyl (C=O) groups excluding carboxylic acids is 2. The normalized spacial score (nSPS) is 11.8. The first-order valence-corrected chi connectivity index (χ1v) is 14.0. The minimum atomic E-state index is -4.15. The predicted molar refractivity (Wildman–Crippen MR) is 150 cm³/mol. The monoisotopic (exact) mass is 553 g/mol. The molecule has 0 aliphatic rings. The SMILES string of the molecule is CCOc1ccc(S(=O)(=O)N(CC(=O)N(Cc2cccc(OC)c2)C(C)C(=O)NC)c2ccc(C)cc2)cc1. The number of nitrogens with one attached hydrogen (secondary N) is 1. The van der Waals surface area contributed by atoms with Crippen LogP contribution in [0.2, 0.25) is 0 Å². The van der Waals surface area contributed by atoms with Gasteiger partial charge in [0.25, 0.3) is 10.0 Å². The van der Waals surface area contributed by atoms with Gasteiger partial charge in [-0.15, -0.1) is 0 Å². The lowest BCUT2D eigenvalue weighted by Crippen LogP contribution is -2.50. The Labute approximate surface area is 230 Å². The van der Waals surface area contributed by atoms with Crippen LogP contribution in [0, 0.1) is 6.92 Å². The van der Waals surface area contributed by atoms with E-state index in [0.29, 0.717) is 23.8 Å². The maximum Gasteiger partial charge on any atom is 0.264 e. The van der Waals surface area contributed by atoms with Gasteiger partial charge in [-0.05, 0) is 74.9 Å². The second-order valence-electron chi connectivity index (χ2n) is 8.92. The highest BCUT2D eigenvalue weighted by molar-refractivity contribution is 7.92. The Morgan fingerprint density at radius 2 is 1.64 bits per heavy atom. The average molecular weight is 554 g/mol. The molecule has 0 radical (unpaired) electrons. The van der Waals surface area contributed by atoms with Crippen LogP contribution in [0.3, 0.4) is 0 Å². The first-order valence-electron chi connectivity index (χ1n) is 12.6. The highest BCUT2D eigenvalue weighted by Crippen LogP contribution is 2.26. The van der Waals surface area contributed by atoms with Crippen LogP contribution in [0.4, 0.5) is 5.69 Å². The fourth-order valence-electron chi connectivity index (χ4n) is 4.00. The van der Waals surface area contributed by atoms with Gasteiger partial charge in [-0.25, -0.2) is 8.42 Å². The number of methoxy groups -OCH3 is 1. The van der Waals surface area contributed by atoms with Crippen molar-refractivity contribution in [3.8, 4) is 11.5 Å². The van der Waals surface area contributed by atoms with Crippen LogP contribution in [0.25, 0.3) is 0 Å². The molecule has 0 bridgehead atoms. The first kappa shape index (κ1) is 29.5. The van der Waals surface area contributed by atoms with Crippen LogP contribution in [0.1, 0.15) is 25.0 Å². The standard InChI is InChI=1S/C29H35N3O6S/c1-6-38-25-14-16-27(17-15-25)39(35,36)32(24-12-10-21(2)11-13-24)20-28(33)31(22(3)29(34)30-4)19-23-8-7-9-26(18-23)37-5/h7-18,22H,6,19-20H2,1-5H3,(H,30,34). The van der Waals surface area contributed by atoms with E-state index in [9.17, 15) is 18.0 Å². The second-order valence-corrected chi connectivity index (χ2v) is 10.8. The van der Waals surface area contributed by atoms with Crippen LogP contribution in [-0.4, -0.2) is 58.5 Å². The van der Waals surface area contributed by atoms with Gasteiger partial charge in [-0.3, -0.25) is 13.9 Å². The van der Waals surface area contributed by atoms with Crippen molar-refractivity contribution in [1.82, 2.24) is 10.2 Å². The molecule has 0 aromatic heterocycles. The van der Waals surface area contributed by atoms with E-state index in [1.165, 1.54) is 24.1 Å². The zero-order valence-corrected chi connectivity index (χ0v) is 23.7. The molecular weight excluding hydrogens is 518 g/mol. The van der Waals surface area contributed by atoms with Crippen molar-refractivity contribution in [3.63, 3.8) is 0 Å². The summed E-state index contributed by atoms with van der Waals surface area (Å²) in [5, 5.41) is 2.57. The summed E-state index contributed by atoms with van der Waals surface area (Å²) in [5.41, 5.74) is 2.00. The van der Waals surface area contributed by atoms with Crippen molar-refractivity contribution in [3.05, 3.63) is 83.9 Å². The highest BCUT2D eigenvalue weighted by atomic mass is 32.2. The van der Waals surface area contributed by atoms with Gasteiger partial charge in [0.2, 0.25) is 11.8 Å². The Balaban J connectivity index is 2.01. The van der Waals surface area contributed by atoms with Crippen molar-refractivity contribution in [1.29, 1.82) is 0 Å². The molecular formula is C29H35N3O6S. The van der Waals surface area contributed by atoms with Gasteiger partial charge in [0.15, 0.2) is 0 Å². The number of rotatable bonds is 12. The molecule has 3 aromatic carbocycles. The van der Waals surface area contributed by atoms with Gasteiger partial charge in [-0.2, -0.15) is 0 Å². The van der Waals surface area contributed by atoms with E-state index < -0.39 is 28.5 Å². The van der Waals surface area contributed by atoms with Crippen molar-refractivity contribution >= 4 is 27.5 Å². The summed E-state index contributed by atoms with van der Waals surface area (Å²) in [6.45, 7) is 5.35. The van der Waals surface area contributed by atoms with Crippen molar-refractivity contribution < 1.29 is 27.5 Å². The Kier molecular flexibility index (Phi) is 9.95. The number of hydrogen-bond donors (Lipinski definition) is 1. The van der Waals surface area contributed by atoms with Gasteiger partial charge in [0.05, 0.1) is 24.3 Å². The molecule has 10 heteroatoms. The van der Waals surface area contributed by atoms with Gasteiger partial charge >= 0.3 is 0 Å². The summed E-state index contributed by atoms with van der Waals surface area (Å²) in [7, 11) is -1.12. The molecule has 208 valence electrons. The minimum Gasteiger partial charge on any atom is -0.497 e. The Morgan fingerprint density at radius 3 is 2.23 bits per heavy atom. The number of nitrogens with zero attached hydrogens (tertiary/aromatic N) is 2. The molecule has 9 nitrogen and oxygen atoms in total. The molecule has 0 spiro atoms. The molecule has 1 atom stereocenters. The Hall–Kier alpha value is -4.05. The van der Waals surface area contributed by atoms with E-state index in [1.54, 1.807) is 68.6 Å². The fourth-order valence-corrected chi connectivity index (χ4v) is 5.41. The van der Waals surface area contributed by atoms with Gasteiger partial charge in [0.1, 0.15) is 24.1 Å². The molecule has 39 heavy (non-hydrogen) atoms. The van der Waals surface area contributed by atoms with E-state index in [2.05, 4.69) is 5.32 Å². The molecule has 0 saturated carbocycles. The Morgan fingerprint density at radius 1 is 0.974 bits per heavy atom.